The average molecular weight is 332 g/mol. The topological polar surface area (TPSA) is 66.8 Å². The first-order valence-electron chi connectivity index (χ1n) is 6.56. The molecule has 0 radical (unpaired) electrons. The van der Waals surface area contributed by atoms with Crippen LogP contribution in [0.3, 0.4) is 0 Å². The van der Waals surface area contributed by atoms with E-state index in [4.69, 9.17) is 33.0 Å². The Labute approximate surface area is 132 Å². The number of likely N-dealkylation sites (tertiary alicyclic amines) is 1. The number of carboxylic acid groups (broad SMARTS) is 1. The van der Waals surface area contributed by atoms with Crippen molar-refractivity contribution in [2.75, 3.05) is 19.7 Å². The van der Waals surface area contributed by atoms with Gasteiger partial charge in [-0.15, -0.1) is 0 Å². The number of benzene rings is 1. The Hall–Kier alpha value is -1.46. The van der Waals surface area contributed by atoms with Crippen molar-refractivity contribution in [2.24, 2.45) is 5.92 Å². The van der Waals surface area contributed by atoms with Gasteiger partial charge in [-0.2, -0.15) is 0 Å². The molecule has 1 N–H and O–H groups in total. The third-order valence-electron chi connectivity index (χ3n) is 3.38. The third kappa shape index (κ3) is 4.02. The number of carboxylic acids is 1. The van der Waals surface area contributed by atoms with Crippen LogP contribution < -0.4 is 4.74 Å². The molecule has 0 aromatic heterocycles. The Morgan fingerprint density at radius 1 is 1.33 bits per heavy atom. The van der Waals surface area contributed by atoms with Crippen molar-refractivity contribution in [3.8, 4) is 5.75 Å². The number of piperidine rings is 1. The smallest absolute Gasteiger partial charge is 0.308 e. The number of carbonyl (C=O) groups is 2. The standard InChI is InChI=1S/C14H15Cl2NO4/c15-10-4-1-5-11(16)13(10)21-8-12(18)17-6-2-3-9(7-17)14(19)20/h1,4-5,9H,2-3,6-8H2,(H,19,20). The molecule has 1 unspecified atom stereocenters. The van der Waals surface area contributed by atoms with E-state index < -0.39 is 11.9 Å². The zero-order valence-corrected chi connectivity index (χ0v) is 12.7. The van der Waals surface area contributed by atoms with Crippen LogP contribution >= 0.6 is 23.2 Å². The summed E-state index contributed by atoms with van der Waals surface area (Å²) < 4.78 is 5.38. The summed E-state index contributed by atoms with van der Waals surface area (Å²) in [7, 11) is 0. The van der Waals surface area contributed by atoms with Crippen molar-refractivity contribution in [3.05, 3.63) is 28.2 Å². The van der Waals surface area contributed by atoms with Crippen molar-refractivity contribution in [1.82, 2.24) is 4.90 Å². The van der Waals surface area contributed by atoms with E-state index in [0.717, 1.165) is 0 Å². The molecule has 2 rings (SSSR count). The Kier molecular flexibility index (Phi) is 5.31. The van der Waals surface area contributed by atoms with Gasteiger partial charge in [0.25, 0.3) is 5.91 Å². The number of ether oxygens (including phenoxy) is 1. The molecule has 1 aromatic carbocycles. The van der Waals surface area contributed by atoms with Crippen molar-refractivity contribution >= 4 is 35.1 Å². The van der Waals surface area contributed by atoms with E-state index in [-0.39, 0.29) is 24.8 Å². The van der Waals surface area contributed by atoms with Gasteiger partial charge in [-0.05, 0) is 25.0 Å². The maximum Gasteiger partial charge on any atom is 0.308 e. The molecular weight excluding hydrogens is 317 g/mol. The van der Waals surface area contributed by atoms with Crippen LogP contribution in [0.25, 0.3) is 0 Å². The summed E-state index contributed by atoms with van der Waals surface area (Å²) >= 11 is 11.9. The predicted octanol–water partition coefficient (Wildman–Crippen LogP) is 2.70. The van der Waals surface area contributed by atoms with Gasteiger partial charge in [0.2, 0.25) is 0 Å². The van der Waals surface area contributed by atoms with Crippen LogP contribution in [0.2, 0.25) is 10.0 Å². The van der Waals surface area contributed by atoms with E-state index in [2.05, 4.69) is 0 Å². The van der Waals surface area contributed by atoms with Crippen LogP contribution in [-0.4, -0.2) is 41.6 Å². The van der Waals surface area contributed by atoms with Gasteiger partial charge in [0.1, 0.15) is 0 Å². The highest BCUT2D eigenvalue weighted by Gasteiger charge is 2.28. The number of nitrogens with zero attached hydrogens (tertiary/aromatic N) is 1. The quantitative estimate of drug-likeness (QED) is 0.921. The summed E-state index contributed by atoms with van der Waals surface area (Å²) in [6.07, 6.45) is 1.27. The van der Waals surface area contributed by atoms with E-state index in [1.807, 2.05) is 0 Å². The minimum absolute atomic E-state index is 0.213. The van der Waals surface area contributed by atoms with Gasteiger partial charge in [-0.1, -0.05) is 29.3 Å². The molecule has 5 nitrogen and oxygen atoms in total. The third-order valence-corrected chi connectivity index (χ3v) is 3.98. The molecule has 0 spiro atoms. The number of para-hydroxylation sites is 1. The molecule has 7 heteroatoms. The zero-order chi connectivity index (χ0) is 15.4. The number of aliphatic carboxylic acids is 1. The number of amides is 1. The van der Waals surface area contributed by atoms with Crippen molar-refractivity contribution in [3.63, 3.8) is 0 Å². The molecule has 1 aliphatic rings. The van der Waals surface area contributed by atoms with Gasteiger partial charge in [0.05, 0.1) is 16.0 Å². The molecule has 0 saturated carbocycles. The number of rotatable bonds is 4. The fourth-order valence-electron chi connectivity index (χ4n) is 2.25. The monoisotopic (exact) mass is 331 g/mol. The van der Waals surface area contributed by atoms with Crippen LogP contribution in [0.1, 0.15) is 12.8 Å². The molecule has 21 heavy (non-hydrogen) atoms. The van der Waals surface area contributed by atoms with Crippen LogP contribution in [-0.2, 0) is 9.59 Å². The van der Waals surface area contributed by atoms with Crippen molar-refractivity contribution in [2.45, 2.75) is 12.8 Å². The maximum absolute atomic E-state index is 12.1. The largest absolute Gasteiger partial charge is 0.481 e. The molecule has 0 bridgehead atoms. The summed E-state index contributed by atoms with van der Waals surface area (Å²) in [4.78, 5) is 24.6. The zero-order valence-electron chi connectivity index (χ0n) is 11.2. The molecule has 1 heterocycles. The minimum Gasteiger partial charge on any atom is -0.481 e. The molecule has 1 saturated heterocycles. The van der Waals surface area contributed by atoms with Gasteiger partial charge in [0, 0.05) is 13.1 Å². The van der Waals surface area contributed by atoms with Crippen molar-refractivity contribution < 1.29 is 19.4 Å². The van der Waals surface area contributed by atoms with Gasteiger partial charge < -0.3 is 14.7 Å². The highest BCUT2D eigenvalue weighted by Crippen LogP contribution is 2.32. The molecule has 0 aliphatic carbocycles. The molecule has 1 aliphatic heterocycles. The second-order valence-corrected chi connectivity index (χ2v) is 5.67. The number of hydrogen-bond donors (Lipinski definition) is 1. The lowest BCUT2D eigenvalue weighted by Crippen LogP contribution is -2.44. The lowest BCUT2D eigenvalue weighted by molar-refractivity contribution is -0.146. The fraction of sp³-hybridized carbons (Fsp3) is 0.429. The number of hydrogen-bond acceptors (Lipinski definition) is 3. The first-order valence-corrected chi connectivity index (χ1v) is 7.32. The van der Waals surface area contributed by atoms with Gasteiger partial charge in [0.15, 0.2) is 12.4 Å². The Balaban J connectivity index is 1.94. The molecule has 1 fully saturated rings. The summed E-state index contributed by atoms with van der Waals surface area (Å²) in [5.74, 6) is -1.38. The lowest BCUT2D eigenvalue weighted by Gasteiger charge is -2.30. The highest BCUT2D eigenvalue weighted by molar-refractivity contribution is 6.37. The Bertz CT molecular complexity index is 530. The number of halogens is 2. The van der Waals surface area contributed by atoms with Crippen LogP contribution in [0, 0.1) is 5.92 Å². The van der Waals surface area contributed by atoms with Gasteiger partial charge in [-0.25, -0.2) is 0 Å². The van der Waals surface area contributed by atoms with E-state index >= 15 is 0 Å². The Morgan fingerprint density at radius 2 is 2.00 bits per heavy atom. The number of carbonyl (C=O) groups excluding carboxylic acids is 1. The van der Waals surface area contributed by atoms with E-state index in [1.165, 1.54) is 4.90 Å². The van der Waals surface area contributed by atoms with Gasteiger partial charge >= 0.3 is 5.97 Å². The normalized spacial score (nSPS) is 18.4. The highest BCUT2D eigenvalue weighted by atomic mass is 35.5. The lowest BCUT2D eigenvalue weighted by atomic mass is 9.98. The summed E-state index contributed by atoms with van der Waals surface area (Å²) in [6.45, 7) is 0.547. The van der Waals surface area contributed by atoms with Crippen LogP contribution in [0.5, 0.6) is 5.75 Å². The second-order valence-electron chi connectivity index (χ2n) is 4.86. The van der Waals surface area contributed by atoms with E-state index in [0.29, 0.717) is 29.4 Å². The summed E-state index contributed by atoms with van der Waals surface area (Å²) in [5.41, 5.74) is 0. The fourth-order valence-corrected chi connectivity index (χ4v) is 2.76. The Morgan fingerprint density at radius 3 is 2.62 bits per heavy atom. The summed E-state index contributed by atoms with van der Waals surface area (Å²) in [5, 5.41) is 9.68. The first-order chi connectivity index (χ1) is 9.99. The van der Waals surface area contributed by atoms with Crippen molar-refractivity contribution in [1.29, 1.82) is 0 Å². The van der Waals surface area contributed by atoms with E-state index in [9.17, 15) is 9.59 Å². The van der Waals surface area contributed by atoms with Crippen LogP contribution in [0.4, 0.5) is 0 Å². The van der Waals surface area contributed by atoms with Gasteiger partial charge in [-0.3, -0.25) is 9.59 Å². The minimum atomic E-state index is -0.873. The maximum atomic E-state index is 12.1. The first kappa shape index (κ1) is 15.9. The molecule has 1 amide bonds. The van der Waals surface area contributed by atoms with Crippen LogP contribution in [0.15, 0.2) is 18.2 Å². The molecule has 114 valence electrons. The average Bonchev–Trinajstić information content (AvgIpc) is 2.46. The second kappa shape index (κ2) is 7.00. The SMILES string of the molecule is O=C(O)C1CCCN(C(=O)COc2c(Cl)cccc2Cl)C1. The van der Waals surface area contributed by atoms with E-state index in [1.54, 1.807) is 18.2 Å². The summed E-state index contributed by atoms with van der Waals surface area (Å²) in [6, 6.07) is 4.92. The molecule has 1 aromatic rings. The molecular formula is C14H15Cl2NO4. The molecule has 1 atom stereocenters. The predicted molar refractivity (Wildman–Crippen MR) is 78.9 cm³/mol.